The van der Waals surface area contributed by atoms with Crippen LogP contribution in [-0.2, 0) is 9.59 Å². The second-order valence-electron chi connectivity index (χ2n) is 5.45. The van der Waals surface area contributed by atoms with Crippen LogP contribution in [0.3, 0.4) is 0 Å². The highest BCUT2D eigenvalue weighted by Crippen LogP contribution is 2.28. The minimum Gasteiger partial charge on any atom is -0.481 e. The first-order valence-electron chi connectivity index (χ1n) is 7.00. The summed E-state index contributed by atoms with van der Waals surface area (Å²) in [6, 6.07) is 9.49. The van der Waals surface area contributed by atoms with Crippen molar-refractivity contribution in [2.75, 3.05) is 24.5 Å². The lowest BCUT2D eigenvalue weighted by atomic mass is 10.1. The van der Waals surface area contributed by atoms with Crippen LogP contribution in [0.1, 0.15) is 12.8 Å². The van der Waals surface area contributed by atoms with Crippen LogP contribution >= 0.6 is 12.4 Å². The third-order valence-corrected chi connectivity index (χ3v) is 4.25. The molecule has 1 aromatic rings. The minimum absolute atomic E-state index is 0. The van der Waals surface area contributed by atoms with Gasteiger partial charge in [0.25, 0.3) is 0 Å². The lowest BCUT2D eigenvalue weighted by molar-refractivity contribution is -0.141. The number of anilines is 1. The Labute approximate surface area is 129 Å². The summed E-state index contributed by atoms with van der Waals surface area (Å²) in [5.74, 6) is -0.978. The Kier molecular flexibility index (Phi) is 4.85. The molecule has 0 saturated carbocycles. The Morgan fingerprint density at radius 1 is 1.14 bits per heavy atom. The van der Waals surface area contributed by atoms with Crippen molar-refractivity contribution >= 4 is 30.0 Å². The smallest absolute Gasteiger partial charge is 0.307 e. The molecule has 5 nitrogen and oxygen atoms in total. The van der Waals surface area contributed by atoms with E-state index >= 15 is 0 Å². The summed E-state index contributed by atoms with van der Waals surface area (Å²) >= 11 is 0. The zero-order chi connectivity index (χ0) is 14.1. The summed E-state index contributed by atoms with van der Waals surface area (Å²) < 4.78 is 0. The molecule has 0 aliphatic carbocycles. The van der Waals surface area contributed by atoms with Crippen LogP contribution in [0.4, 0.5) is 5.69 Å². The van der Waals surface area contributed by atoms with Gasteiger partial charge in [-0.2, -0.15) is 0 Å². The van der Waals surface area contributed by atoms with Crippen molar-refractivity contribution in [2.24, 2.45) is 5.92 Å². The number of carbonyl (C=O) groups is 2. The molecule has 2 saturated heterocycles. The second-order valence-corrected chi connectivity index (χ2v) is 5.45. The van der Waals surface area contributed by atoms with Crippen LogP contribution in [0.15, 0.2) is 30.3 Å². The molecule has 1 N–H and O–H groups in total. The van der Waals surface area contributed by atoms with Crippen LogP contribution in [-0.4, -0.2) is 47.6 Å². The fourth-order valence-corrected chi connectivity index (χ4v) is 3.14. The van der Waals surface area contributed by atoms with E-state index in [0.29, 0.717) is 26.1 Å². The molecule has 0 bridgehead atoms. The fraction of sp³-hybridized carbons (Fsp3) is 0.467. The van der Waals surface area contributed by atoms with Crippen LogP contribution in [0.5, 0.6) is 0 Å². The molecule has 6 heteroatoms. The number of carboxylic acids is 1. The van der Waals surface area contributed by atoms with E-state index in [0.717, 1.165) is 12.1 Å². The number of para-hydroxylation sites is 1. The molecule has 1 amide bonds. The molecule has 2 aliphatic rings. The molecule has 21 heavy (non-hydrogen) atoms. The average Bonchev–Trinajstić information content (AvgIpc) is 3.06. The van der Waals surface area contributed by atoms with Gasteiger partial charge in [-0.1, -0.05) is 18.2 Å². The Morgan fingerprint density at radius 3 is 2.48 bits per heavy atom. The van der Waals surface area contributed by atoms with E-state index in [1.54, 1.807) is 4.90 Å². The molecule has 1 aromatic carbocycles. The number of hydrogen-bond donors (Lipinski definition) is 1. The number of rotatable bonds is 3. The first-order valence-corrected chi connectivity index (χ1v) is 7.00. The van der Waals surface area contributed by atoms with Gasteiger partial charge >= 0.3 is 5.97 Å². The molecule has 2 unspecified atom stereocenters. The summed E-state index contributed by atoms with van der Waals surface area (Å²) in [4.78, 5) is 27.3. The maximum Gasteiger partial charge on any atom is 0.307 e. The molecular weight excluding hydrogens is 292 g/mol. The van der Waals surface area contributed by atoms with Crippen molar-refractivity contribution in [3.63, 3.8) is 0 Å². The monoisotopic (exact) mass is 310 g/mol. The Bertz CT molecular complexity index is 523. The van der Waals surface area contributed by atoms with Crippen LogP contribution in [0, 0.1) is 5.92 Å². The molecule has 2 fully saturated rings. The zero-order valence-corrected chi connectivity index (χ0v) is 12.5. The topological polar surface area (TPSA) is 60.9 Å². The van der Waals surface area contributed by atoms with Crippen molar-refractivity contribution in [1.82, 2.24) is 4.90 Å². The lowest BCUT2D eigenvalue weighted by Gasteiger charge is -2.23. The zero-order valence-electron chi connectivity index (χ0n) is 11.6. The highest BCUT2D eigenvalue weighted by Gasteiger charge is 2.40. The summed E-state index contributed by atoms with van der Waals surface area (Å²) in [5.41, 5.74) is 0.925. The number of benzene rings is 1. The Balaban J connectivity index is 0.00000161. The predicted octanol–water partition coefficient (Wildman–Crippen LogP) is 1.62. The number of amides is 1. The van der Waals surface area contributed by atoms with Gasteiger partial charge in [-0.3, -0.25) is 14.5 Å². The number of carbonyl (C=O) groups excluding carboxylic acids is 1. The summed E-state index contributed by atoms with van der Waals surface area (Å²) in [6.45, 7) is 1.91. The van der Waals surface area contributed by atoms with E-state index < -0.39 is 5.97 Å². The van der Waals surface area contributed by atoms with Crippen molar-refractivity contribution in [3.8, 4) is 0 Å². The molecule has 3 rings (SSSR count). The number of hydrogen-bond acceptors (Lipinski definition) is 3. The summed E-state index contributed by atoms with van der Waals surface area (Å²) in [6.07, 6.45) is 1.42. The highest BCUT2D eigenvalue weighted by molar-refractivity contribution is 5.99. The normalized spacial score (nSPS) is 25.9. The van der Waals surface area contributed by atoms with Gasteiger partial charge in [0.15, 0.2) is 0 Å². The molecule has 114 valence electrons. The van der Waals surface area contributed by atoms with E-state index in [4.69, 9.17) is 5.11 Å². The number of halogens is 1. The SMILES string of the molecule is Cl.O=C(O)C1CCN(C2CCN(c3ccccc3)C2=O)C1. The summed E-state index contributed by atoms with van der Waals surface area (Å²) in [7, 11) is 0. The van der Waals surface area contributed by atoms with Crippen molar-refractivity contribution < 1.29 is 14.7 Å². The first-order chi connectivity index (χ1) is 9.66. The molecule has 2 aliphatic heterocycles. The predicted molar refractivity (Wildman–Crippen MR) is 81.8 cm³/mol. The fourth-order valence-electron chi connectivity index (χ4n) is 3.14. The van der Waals surface area contributed by atoms with Crippen molar-refractivity contribution in [2.45, 2.75) is 18.9 Å². The third kappa shape index (κ3) is 3.04. The van der Waals surface area contributed by atoms with Gasteiger partial charge in [-0.25, -0.2) is 0 Å². The van der Waals surface area contributed by atoms with Crippen molar-refractivity contribution in [3.05, 3.63) is 30.3 Å². The maximum absolute atomic E-state index is 12.5. The average molecular weight is 311 g/mol. The molecule has 2 atom stereocenters. The molecule has 0 spiro atoms. The molecule has 2 heterocycles. The van der Waals surface area contributed by atoms with Gasteiger partial charge in [0.2, 0.25) is 5.91 Å². The molecular formula is C15H19ClN2O3. The minimum atomic E-state index is -0.752. The van der Waals surface area contributed by atoms with E-state index in [-0.39, 0.29) is 30.3 Å². The van der Waals surface area contributed by atoms with Crippen LogP contribution in [0.2, 0.25) is 0 Å². The van der Waals surface area contributed by atoms with E-state index in [1.165, 1.54) is 0 Å². The molecule has 0 aromatic heterocycles. The van der Waals surface area contributed by atoms with E-state index in [2.05, 4.69) is 0 Å². The summed E-state index contributed by atoms with van der Waals surface area (Å²) in [5, 5.41) is 9.05. The van der Waals surface area contributed by atoms with Gasteiger partial charge in [0.1, 0.15) is 0 Å². The number of carboxylic acid groups (broad SMARTS) is 1. The Hall–Kier alpha value is -1.59. The van der Waals surface area contributed by atoms with Gasteiger partial charge in [-0.15, -0.1) is 12.4 Å². The third-order valence-electron chi connectivity index (χ3n) is 4.25. The second kappa shape index (κ2) is 6.45. The van der Waals surface area contributed by atoms with Crippen LogP contribution in [0.25, 0.3) is 0 Å². The molecule has 0 radical (unpaired) electrons. The van der Waals surface area contributed by atoms with Gasteiger partial charge in [0.05, 0.1) is 12.0 Å². The van der Waals surface area contributed by atoms with Gasteiger partial charge < -0.3 is 10.0 Å². The number of likely N-dealkylation sites (tertiary alicyclic amines) is 1. The van der Waals surface area contributed by atoms with E-state index in [1.807, 2.05) is 35.2 Å². The maximum atomic E-state index is 12.5. The quantitative estimate of drug-likeness (QED) is 0.921. The van der Waals surface area contributed by atoms with E-state index in [9.17, 15) is 9.59 Å². The number of aliphatic carboxylic acids is 1. The van der Waals surface area contributed by atoms with Gasteiger partial charge in [-0.05, 0) is 31.5 Å². The highest BCUT2D eigenvalue weighted by atomic mass is 35.5. The van der Waals surface area contributed by atoms with Gasteiger partial charge in [0, 0.05) is 18.8 Å². The number of nitrogens with zero attached hydrogens (tertiary/aromatic N) is 2. The van der Waals surface area contributed by atoms with Crippen molar-refractivity contribution in [1.29, 1.82) is 0 Å². The standard InChI is InChI=1S/C15H18N2O3.ClH/c18-14-13(16-8-6-11(10-16)15(19)20)7-9-17(14)12-4-2-1-3-5-12;/h1-5,11,13H,6-10H2,(H,19,20);1H. The largest absolute Gasteiger partial charge is 0.481 e. The first kappa shape index (κ1) is 15.8. The van der Waals surface area contributed by atoms with Crippen LogP contribution < -0.4 is 4.90 Å². The lowest BCUT2D eigenvalue weighted by Crippen LogP contribution is -2.41. The Morgan fingerprint density at radius 2 is 1.86 bits per heavy atom.